The van der Waals surface area contributed by atoms with Crippen LogP contribution in [0, 0.1) is 12.7 Å². The fraction of sp³-hybridized carbons (Fsp3) is 0.235. The summed E-state index contributed by atoms with van der Waals surface area (Å²) in [7, 11) is 1.54. The van der Waals surface area contributed by atoms with Gasteiger partial charge in [0, 0.05) is 11.1 Å². The molecule has 0 aliphatic rings. The normalized spacial score (nSPS) is 10.3. The molecule has 110 valence electrons. The standard InChI is InChI=1S/C17H17FO3/c1-11-4-6-15(18)17(8-11)21-10-14-9-13(12(2)19)5-7-16(14)20-3/h4-9H,10H2,1-3H3. The highest BCUT2D eigenvalue weighted by Crippen LogP contribution is 2.24. The minimum atomic E-state index is -0.415. The van der Waals surface area contributed by atoms with Gasteiger partial charge in [-0.3, -0.25) is 4.79 Å². The molecule has 2 rings (SSSR count). The van der Waals surface area contributed by atoms with Gasteiger partial charge in [-0.05, 0) is 49.7 Å². The van der Waals surface area contributed by atoms with Gasteiger partial charge in [0.25, 0.3) is 0 Å². The van der Waals surface area contributed by atoms with Crippen LogP contribution in [-0.4, -0.2) is 12.9 Å². The van der Waals surface area contributed by atoms with Crippen LogP contribution in [0.25, 0.3) is 0 Å². The lowest BCUT2D eigenvalue weighted by Crippen LogP contribution is -2.03. The van der Waals surface area contributed by atoms with E-state index in [1.807, 2.05) is 6.92 Å². The molecule has 0 N–H and O–H groups in total. The summed E-state index contributed by atoms with van der Waals surface area (Å²) in [5, 5.41) is 0. The van der Waals surface area contributed by atoms with Crippen LogP contribution in [0.15, 0.2) is 36.4 Å². The summed E-state index contributed by atoms with van der Waals surface area (Å²) < 4.78 is 24.4. The molecule has 0 aliphatic carbocycles. The predicted octanol–water partition coefficient (Wildman–Crippen LogP) is 3.92. The Morgan fingerprint density at radius 2 is 1.90 bits per heavy atom. The Balaban J connectivity index is 2.24. The number of hydrogen-bond donors (Lipinski definition) is 0. The molecule has 0 radical (unpaired) electrons. The first-order chi connectivity index (χ1) is 10.0. The molecule has 0 spiro atoms. The van der Waals surface area contributed by atoms with E-state index in [2.05, 4.69) is 0 Å². The maximum atomic E-state index is 13.7. The van der Waals surface area contributed by atoms with E-state index in [1.165, 1.54) is 13.0 Å². The molecule has 3 nitrogen and oxygen atoms in total. The number of halogens is 1. The van der Waals surface area contributed by atoms with Crippen LogP contribution in [0.1, 0.15) is 28.4 Å². The van der Waals surface area contributed by atoms with Gasteiger partial charge in [0.2, 0.25) is 0 Å². The summed E-state index contributed by atoms with van der Waals surface area (Å²) in [6.07, 6.45) is 0. The second kappa shape index (κ2) is 6.39. The third-order valence-electron chi connectivity index (χ3n) is 3.16. The van der Waals surface area contributed by atoms with E-state index in [-0.39, 0.29) is 18.1 Å². The van der Waals surface area contributed by atoms with Crippen LogP contribution in [0.2, 0.25) is 0 Å². The van der Waals surface area contributed by atoms with Crippen molar-refractivity contribution < 1.29 is 18.7 Å². The molecular formula is C17H17FO3. The van der Waals surface area contributed by atoms with Gasteiger partial charge in [-0.15, -0.1) is 0 Å². The number of aryl methyl sites for hydroxylation is 1. The minimum Gasteiger partial charge on any atom is -0.496 e. The highest BCUT2D eigenvalue weighted by molar-refractivity contribution is 5.94. The Hall–Kier alpha value is -2.36. The van der Waals surface area contributed by atoms with Crippen LogP contribution in [-0.2, 0) is 6.61 Å². The first kappa shape index (κ1) is 15.0. The molecule has 4 heteroatoms. The highest BCUT2D eigenvalue weighted by atomic mass is 19.1. The van der Waals surface area contributed by atoms with Gasteiger partial charge in [0.15, 0.2) is 17.3 Å². The number of carbonyl (C=O) groups is 1. The van der Waals surface area contributed by atoms with Gasteiger partial charge < -0.3 is 9.47 Å². The second-order valence-electron chi connectivity index (χ2n) is 4.81. The van der Waals surface area contributed by atoms with Crippen LogP contribution >= 0.6 is 0 Å². The van der Waals surface area contributed by atoms with Crippen molar-refractivity contribution in [2.75, 3.05) is 7.11 Å². The SMILES string of the molecule is COc1ccc(C(C)=O)cc1COc1cc(C)ccc1F. The molecule has 0 saturated carbocycles. The third kappa shape index (κ3) is 3.60. The number of ether oxygens (including phenoxy) is 2. The van der Waals surface area contributed by atoms with Crippen molar-refractivity contribution >= 4 is 5.78 Å². The average molecular weight is 288 g/mol. The van der Waals surface area contributed by atoms with E-state index < -0.39 is 5.82 Å². The summed E-state index contributed by atoms with van der Waals surface area (Å²) in [4.78, 5) is 11.4. The fourth-order valence-electron chi connectivity index (χ4n) is 1.99. The molecule has 0 amide bonds. The molecular weight excluding hydrogens is 271 g/mol. The smallest absolute Gasteiger partial charge is 0.165 e. The van der Waals surface area contributed by atoms with Crippen molar-refractivity contribution in [1.82, 2.24) is 0 Å². The molecule has 0 bridgehead atoms. The maximum Gasteiger partial charge on any atom is 0.165 e. The quantitative estimate of drug-likeness (QED) is 0.782. The summed E-state index contributed by atoms with van der Waals surface area (Å²) in [6.45, 7) is 3.49. The van der Waals surface area contributed by atoms with E-state index in [1.54, 1.807) is 37.4 Å². The lowest BCUT2D eigenvalue weighted by molar-refractivity contribution is 0.101. The van der Waals surface area contributed by atoms with Crippen LogP contribution in [0.5, 0.6) is 11.5 Å². The summed E-state index contributed by atoms with van der Waals surface area (Å²) in [5.74, 6) is 0.335. The largest absolute Gasteiger partial charge is 0.496 e. The summed E-state index contributed by atoms with van der Waals surface area (Å²) in [5.41, 5.74) is 2.18. The Kier molecular flexibility index (Phi) is 4.58. The number of hydrogen-bond acceptors (Lipinski definition) is 3. The topological polar surface area (TPSA) is 35.5 Å². The maximum absolute atomic E-state index is 13.7. The molecule has 2 aromatic rings. The number of benzene rings is 2. The predicted molar refractivity (Wildman–Crippen MR) is 78.5 cm³/mol. The second-order valence-corrected chi connectivity index (χ2v) is 4.81. The van der Waals surface area contributed by atoms with Crippen molar-refractivity contribution in [1.29, 1.82) is 0 Å². The monoisotopic (exact) mass is 288 g/mol. The lowest BCUT2D eigenvalue weighted by atomic mass is 10.1. The zero-order chi connectivity index (χ0) is 15.4. The Labute approximate surface area is 123 Å². The van der Waals surface area contributed by atoms with Gasteiger partial charge in [-0.25, -0.2) is 4.39 Å². The molecule has 0 aliphatic heterocycles. The molecule has 0 saturated heterocycles. The summed E-state index contributed by atoms with van der Waals surface area (Å²) in [6, 6.07) is 9.79. The van der Waals surface area contributed by atoms with Crippen molar-refractivity contribution in [2.45, 2.75) is 20.5 Å². The lowest BCUT2D eigenvalue weighted by Gasteiger charge is -2.12. The molecule has 0 atom stereocenters. The Morgan fingerprint density at radius 3 is 2.57 bits per heavy atom. The first-order valence-corrected chi connectivity index (χ1v) is 6.58. The van der Waals surface area contributed by atoms with Crippen LogP contribution in [0.3, 0.4) is 0 Å². The molecule has 2 aromatic carbocycles. The van der Waals surface area contributed by atoms with E-state index in [0.717, 1.165) is 5.56 Å². The Morgan fingerprint density at radius 1 is 1.14 bits per heavy atom. The Bertz CT molecular complexity index is 665. The van der Waals surface area contributed by atoms with Crippen molar-refractivity contribution in [2.24, 2.45) is 0 Å². The average Bonchev–Trinajstić information content (AvgIpc) is 2.47. The molecule has 21 heavy (non-hydrogen) atoms. The molecule has 0 heterocycles. The molecule has 0 aromatic heterocycles. The number of Topliss-reactive ketones (excluding diaryl/α,β-unsaturated/α-hetero) is 1. The minimum absolute atomic E-state index is 0.0411. The molecule has 0 fully saturated rings. The number of ketones is 1. The fourth-order valence-corrected chi connectivity index (χ4v) is 1.99. The van der Waals surface area contributed by atoms with Crippen molar-refractivity contribution in [3.8, 4) is 11.5 Å². The number of carbonyl (C=O) groups excluding carboxylic acids is 1. The number of rotatable bonds is 5. The summed E-state index contributed by atoms with van der Waals surface area (Å²) >= 11 is 0. The van der Waals surface area contributed by atoms with Gasteiger partial charge in [0.05, 0.1) is 7.11 Å². The van der Waals surface area contributed by atoms with Crippen LogP contribution in [0.4, 0.5) is 4.39 Å². The van der Waals surface area contributed by atoms with E-state index in [0.29, 0.717) is 16.9 Å². The number of methoxy groups -OCH3 is 1. The van der Waals surface area contributed by atoms with Gasteiger partial charge in [-0.2, -0.15) is 0 Å². The third-order valence-corrected chi connectivity index (χ3v) is 3.16. The first-order valence-electron chi connectivity index (χ1n) is 6.58. The van der Waals surface area contributed by atoms with E-state index in [4.69, 9.17) is 9.47 Å². The van der Waals surface area contributed by atoms with Crippen molar-refractivity contribution in [3.63, 3.8) is 0 Å². The zero-order valence-electron chi connectivity index (χ0n) is 12.3. The zero-order valence-corrected chi connectivity index (χ0v) is 12.3. The molecule has 0 unspecified atom stereocenters. The highest BCUT2D eigenvalue weighted by Gasteiger charge is 2.10. The van der Waals surface area contributed by atoms with E-state index >= 15 is 0 Å². The van der Waals surface area contributed by atoms with Crippen molar-refractivity contribution in [3.05, 3.63) is 58.9 Å². The van der Waals surface area contributed by atoms with E-state index in [9.17, 15) is 9.18 Å². The van der Waals surface area contributed by atoms with Crippen LogP contribution < -0.4 is 9.47 Å². The van der Waals surface area contributed by atoms with Gasteiger partial charge in [0.1, 0.15) is 12.4 Å². The van der Waals surface area contributed by atoms with Gasteiger partial charge in [-0.1, -0.05) is 6.07 Å². The van der Waals surface area contributed by atoms with Gasteiger partial charge >= 0.3 is 0 Å².